The molecule has 0 spiro atoms. The second-order valence-corrected chi connectivity index (χ2v) is 4.11. The van der Waals surface area contributed by atoms with Crippen molar-refractivity contribution in [2.24, 2.45) is 0 Å². The van der Waals surface area contributed by atoms with Crippen LogP contribution in [0.4, 0.5) is 10.5 Å². The Balaban J connectivity index is 2.75. The van der Waals surface area contributed by atoms with E-state index in [2.05, 4.69) is 5.32 Å². The van der Waals surface area contributed by atoms with Crippen molar-refractivity contribution in [3.05, 3.63) is 29.3 Å². The lowest BCUT2D eigenvalue weighted by atomic mass is 10.1. The number of aliphatic hydroxyl groups is 2. The molecule has 1 rings (SSSR count). The van der Waals surface area contributed by atoms with Crippen LogP contribution in [0.15, 0.2) is 18.2 Å². The summed E-state index contributed by atoms with van der Waals surface area (Å²) in [6.45, 7) is 4.08. The van der Waals surface area contributed by atoms with E-state index in [1.165, 1.54) is 4.90 Å². The largest absolute Gasteiger partial charge is 0.395 e. The third kappa shape index (κ3) is 3.72. The fourth-order valence-electron chi connectivity index (χ4n) is 1.64. The van der Waals surface area contributed by atoms with E-state index in [1.807, 2.05) is 32.0 Å². The minimum Gasteiger partial charge on any atom is -0.395 e. The third-order valence-corrected chi connectivity index (χ3v) is 2.87. The number of benzene rings is 1. The Kier molecular flexibility index (Phi) is 5.61. The molecule has 0 saturated carbocycles. The van der Waals surface area contributed by atoms with Gasteiger partial charge in [-0.05, 0) is 31.0 Å². The predicted octanol–water partition coefficient (Wildman–Crippen LogP) is 1.12. The number of amides is 2. The van der Waals surface area contributed by atoms with E-state index in [9.17, 15) is 4.79 Å². The van der Waals surface area contributed by atoms with Crippen LogP contribution in [0.25, 0.3) is 0 Å². The summed E-state index contributed by atoms with van der Waals surface area (Å²) < 4.78 is 0. The molecule has 1 aromatic carbocycles. The van der Waals surface area contributed by atoms with E-state index in [-0.39, 0.29) is 32.3 Å². The monoisotopic (exact) mass is 252 g/mol. The lowest BCUT2D eigenvalue weighted by Crippen LogP contribution is -2.39. The summed E-state index contributed by atoms with van der Waals surface area (Å²) in [4.78, 5) is 13.3. The van der Waals surface area contributed by atoms with Gasteiger partial charge in [-0.2, -0.15) is 0 Å². The van der Waals surface area contributed by atoms with Gasteiger partial charge < -0.3 is 20.4 Å². The first-order valence-corrected chi connectivity index (χ1v) is 5.94. The second kappa shape index (κ2) is 6.98. The molecule has 0 fully saturated rings. The van der Waals surface area contributed by atoms with Crippen LogP contribution in [-0.2, 0) is 0 Å². The van der Waals surface area contributed by atoms with Crippen LogP contribution in [0, 0.1) is 13.8 Å². The van der Waals surface area contributed by atoms with Crippen LogP contribution >= 0.6 is 0 Å². The van der Waals surface area contributed by atoms with Crippen molar-refractivity contribution in [1.82, 2.24) is 4.90 Å². The van der Waals surface area contributed by atoms with E-state index in [0.717, 1.165) is 16.8 Å². The average Bonchev–Trinajstić information content (AvgIpc) is 2.34. The number of carbonyl (C=O) groups is 1. The zero-order valence-electron chi connectivity index (χ0n) is 10.8. The summed E-state index contributed by atoms with van der Waals surface area (Å²) in [7, 11) is 0. The van der Waals surface area contributed by atoms with Gasteiger partial charge in [-0.25, -0.2) is 4.79 Å². The van der Waals surface area contributed by atoms with Crippen LogP contribution in [0.2, 0.25) is 0 Å². The van der Waals surface area contributed by atoms with Crippen molar-refractivity contribution >= 4 is 11.7 Å². The molecule has 0 saturated heterocycles. The van der Waals surface area contributed by atoms with E-state index in [0.29, 0.717) is 0 Å². The molecule has 100 valence electrons. The molecule has 2 amide bonds. The third-order valence-electron chi connectivity index (χ3n) is 2.87. The lowest BCUT2D eigenvalue weighted by molar-refractivity contribution is 0.167. The van der Waals surface area contributed by atoms with Gasteiger partial charge in [0, 0.05) is 18.8 Å². The molecular formula is C13H20N2O3. The van der Waals surface area contributed by atoms with Crippen molar-refractivity contribution in [2.45, 2.75) is 13.8 Å². The number of nitrogens with zero attached hydrogens (tertiary/aromatic N) is 1. The Morgan fingerprint density at radius 2 is 1.83 bits per heavy atom. The van der Waals surface area contributed by atoms with Gasteiger partial charge >= 0.3 is 6.03 Å². The van der Waals surface area contributed by atoms with E-state index < -0.39 is 0 Å². The number of aliphatic hydroxyl groups excluding tert-OH is 2. The van der Waals surface area contributed by atoms with E-state index >= 15 is 0 Å². The summed E-state index contributed by atoms with van der Waals surface area (Å²) in [6.07, 6.45) is 0. The fourth-order valence-corrected chi connectivity index (χ4v) is 1.64. The molecule has 0 aliphatic rings. The Hall–Kier alpha value is -1.59. The molecule has 0 bridgehead atoms. The number of urea groups is 1. The van der Waals surface area contributed by atoms with Gasteiger partial charge in [0.1, 0.15) is 0 Å². The Labute approximate surface area is 107 Å². The van der Waals surface area contributed by atoms with Crippen molar-refractivity contribution in [3.8, 4) is 0 Å². The highest BCUT2D eigenvalue weighted by Crippen LogP contribution is 2.18. The predicted molar refractivity (Wildman–Crippen MR) is 70.7 cm³/mol. The maximum absolute atomic E-state index is 11.9. The van der Waals surface area contributed by atoms with Gasteiger partial charge in [0.05, 0.1) is 13.2 Å². The molecule has 0 aromatic heterocycles. The zero-order valence-corrected chi connectivity index (χ0v) is 10.8. The number of hydrogen-bond acceptors (Lipinski definition) is 3. The molecule has 0 radical (unpaired) electrons. The van der Waals surface area contributed by atoms with E-state index in [1.54, 1.807) is 0 Å². The molecular weight excluding hydrogens is 232 g/mol. The maximum atomic E-state index is 11.9. The smallest absolute Gasteiger partial charge is 0.322 e. The number of aryl methyl sites for hydroxylation is 1. The van der Waals surface area contributed by atoms with Gasteiger partial charge in [-0.15, -0.1) is 0 Å². The van der Waals surface area contributed by atoms with Crippen LogP contribution in [0.1, 0.15) is 11.1 Å². The number of hydrogen-bond donors (Lipinski definition) is 3. The first-order chi connectivity index (χ1) is 8.60. The Morgan fingerprint density at radius 3 is 2.39 bits per heavy atom. The Morgan fingerprint density at radius 1 is 1.22 bits per heavy atom. The lowest BCUT2D eigenvalue weighted by Gasteiger charge is -2.22. The molecule has 0 aliphatic heterocycles. The average molecular weight is 252 g/mol. The van der Waals surface area contributed by atoms with E-state index in [4.69, 9.17) is 10.2 Å². The van der Waals surface area contributed by atoms with Crippen molar-refractivity contribution in [3.63, 3.8) is 0 Å². The second-order valence-electron chi connectivity index (χ2n) is 4.11. The standard InChI is InChI=1S/C13H20N2O3/c1-10-4-3-5-12(11(10)2)14-13(18)15(6-8-16)7-9-17/h3-5,16-17H,6-9H2,1-2H3,(H,14,18). The number of anilines is 1. The fraction of sp³-hybridized carbons (Fsp3) is 0.462. The summed E-state index contributed by atoms with van der Waals surface area (Å²) in [5.41, 5.74) is 2.86. The van der Waals surface area contributed by atoms with Crippen LogP contribution in [0.5, 0.6) is 0 Å². The van der Waals surface area contributed by atoms with Crippen molar-refractivity contribution < 1.29 is 15.0 Å². The number of rotatable bonds is 5. The van der Waals surface area contributed by atoms with Gasteiger partial charge in [0.15, 0.2) is 0 Å². The summed E-state index contributed by atoms with van der Waals surface area (Å²) >= 11 is 0. The quantitative estimate of drug-likeness (QED) is 0.735. The van der Waals surface area contributed by atoms with Crippen molar-refractivity contribution in [1.29, 1.82) is 0 Å². The topological polar surface area (TPSA) is 72.8 Å². The molecule has 3 N–H and O–H groups in total. The molecule has 0 heterocycles. The van der Waals surface area contributed by atoms with Gasteiger partial charge in [-0.3, -0.25) is 0 Å². The molecule has 5 heteroatoms. The normalized spacial score (nSPS) is 10.2. The minimum atomic E-state index is -0.313. The highest BCUT2D eigenvalue weighted by molar-refractivity contribution is 5.90. The maximum Gasteiger partial charge on any atom is 0.322 e. The first-order valence-electron chi connectivity index (χ1n) is 5.94. The molecule has 1 aromatic rings. The molecule has 0 aliphatic carbocycles. The van der Waals surface area contributed by atoms with Gasteiger partial charge in [0.2, 0.25) is 0 Å². The molecule has 5 nitrogen and oxygen atoms in total. The first kappa shape index (κ1) is 14.5. The number of nitrogens with one attached hydrogen (secondary N) is 1. The zero-order chi connectivity index (χ0) is 13.5. The van der Waals surface area contributed by atoms with Crippen LogP contribution in [0.3, 0.4) is 0 Å². The highest BCUT2D eigenvalue weighted by atomic mass is 16.3. The van der Waals surface area contributed by atoms with Gasteiger partial charge in [-0.1, -0.05) is 12.1 Å². The molecule has 0 atom stereocenters. The van der Waals surface area contributed by atoms with Crippen LogP contribution < -0.4 is 5.32 Å². The summed E-state index contributed by atoms with van der Waals surface area (Å²) in [5.74, 6) is 0. The van der Waals surface area contributed by atoms with Crippen molar-refractivity contribution in [2.75, 3.05) is 31.6 Å². The highest BCUT2D eigenvalue weighted by Gasteiger charge is 2.13. The summed E-state index contributed by atoms with van der Waals surface area (Å²) in [5, 5.41) is 20.5. The minimum absolute atomic E-state index is 0.125. The molecule has 0 unspecified atom stereocenters. The van der Waals surface area contributed by atoms with Gasteiger partial charge in [0.25, 0.3) is 0 Å². The Bertz CT molecular complexity index is 401. The SMILES string of the molecule is Cc1cccc(NC(=O)N(CCO)CCO)c1C. The number of carbonyl (C=O) groups excluding carboxylic acids is 1. The molecule has 18 heavy (non-hydrogen) atoms. The van der Waals surface area contributed by atoms with Crippen LogP contribution in [-0.4, -0.2) is 47.4 Å². The summed E-state index contributed by atoms with van der Waals surface area (Å²) in [6, 6.07) is 5.37.